The van der Waals surface area contributed by atoms with Crippen molar-refractivity contribution in [1.82, 2.24) is 0 Å². The van der Waals surface area contributed by atoms with Crippen LogP contribution >= 0.6 is 0 Å². The van der Waals surface area contributed by atoms with Gasteiger partial charge in [0.2, 0.25) is 0 Å². The second kappa shape index (κ2) is 5.32. The van der Waals surface area contributed by atoms with Crippen LogP contribution in [0.3, 0.4) is 0 Å². The maximum absolute atomic E-state index is 8.92. The molecule has 1 aromatic carbocycles. The summed E-state index contributed by atoms with van der Waals surface area (Å²) in [5, 5.41) is 8.92. The average Bonchev–Trinajstić information content (AvgIpc) is 2.90. The van der Waals surface area contributed by atoms with Crippen molar-refractivity contribution in [3.05, 3.63) is 35.4 Å². The summed E-state index contributed by atoms with van der Waals surface area (Å²) in [4.78, 5) is 0. The van der Waals surface area contributed by atoms with Gasteiger partial charge in [0.25, 0.3) is 0 Å². The standard InChI is InChI=1S/C16H19NO2/c17-12-15-3-1-2-14(11-15)10-13-4-6-16(7-5-13)18-8-9-19-16/h1-3,11,13H,4-10H2. The number of rotatable bonds is 2. The maximum Gasteiger partial charge on any atom is 0.168 e. The Morgan fingerprint density at radius 1 is 1.21 bits per heavy atom. The summed E-state index contributed by atoms with van der Waals surface area (Å²) in [7, 11) is 0. The van der Waals surface area contributed by atoms with Gasteiger partial charge in [-0.15, -0.1) is 0 Å². The number of nitriles is 1. The number of ether oxygens (including phenoxy) is 2. The van der Waals surface area contributed by atoms with Gasteiger partial charge in [-0.05, 0) is 42.9 Å². The molecule has 0 aromatic heterocycles. The van der Waals surface area contributed by atoms with E-state index in [1.165, 1.54) is 5.56 Å². The number of hydrogen-bond donors (Lipinski definition) is 0. The van der Waals surface area contributed by atoms with Gasteiger partial charge in [0, 0.05) is 12.8 Å². The third kappa shape index (κ3) is 2.80. The Kier molecular flexibility index (Phi) is 3.54. The minimum atomic E-state index is -0.259. The molecule has 0 N–H and O–H groups in total. The summed E-state index contributed by atoms with van der Waals surface area (Å²) in [6.07, 6.45) is 5.38. The van der Waals surface area contributed by atoms with Gasteiger partial charge < -0.3 is 9.47 Å². The van der Waals surface area contributed by atoms with Crippen LogP contribution in [0.5, 0.6) is 0 Å². The lowest BCUT2D eigenvalue weighted by atomic mass is 9.81. The van der Waals surface area contributed by atoms with Crippen LogP contribution in [0.25, 0.3) is 0 Å². The van der Waals surface area contributed by atoms with Crippen molar-refractivity contribution >= 4 is 0 Å². The van der Waals surface area contributed by atoms with Crippen LogP contribution in [0.1, 0.15) is 36.8 Å². The molecule has 19 heavy (non-hydrogen) atoms. The molecule has 1 spiro atoms. The maximum atomic E-state index is 8.92. The largest absolute Gasteiger partial charge is 0.348 e. The zero-order chi connectivity index (χ0) is 13.1. The first-order chi connectivity index (χ1) is 9.30. The predicted octanol–water partition coefficient (Wildman–Crippen LogP) is 3.03. The number of hydrogen-bond acceptors (Lipinski definition) is 3. The van der Waals surface area contributed by atoms with Gasteiger partial charge in [-0.3, -0.25) is 0 Å². The van der Waals surface area contributed by atoms with Crippen LogP contribution in [0.4, 0.5) is 0 Å². The molecule has 1 saturated heterocycles. The quantitative estimate of drug-likeness (QED) is 0.817. The first kappa shape index (κ1) is 12.7. The highest BCUT2D eigenvalue weighted by Crippen LogP contribution is 2.39. The second-order valence-corrected chi connectivity index (χ2v) is 5.57. The summed E-state index contributed by atoms with van der Waals surface area (Å²) in [5.74, 6) is 0.428. The van der Waals surface area contributed by atoms with E-state index in [1.807, 2.05) is 18.2 Å². The third-order valence-electron chi connectivity index (χ3n) is 4.26. The zero-order valence-electron chi connectivity index (χ0n) is 11.1. The summed E-state index contributed by atoms with van der Waals surface area (Å²) >= 11 is 0. The van der Waals surface area contributed by atoms with E-state index in [0.29, 0.717) is 5.92 Å². The smallest absolute Gasteiger partial charge is 0.168 e. The minimum absolute atomic E-state index is 0.259. The van der Waals surface area contributed by atoms with Crippen molar-refractivity contribution in [2.45, 2.75) is 37.9 Å². The van der Waals surface area contributed by atoms with E-state index in [2.05, 4.69) is 12.1 Å². The average molecular weight is 257 g/mol. The Bertz CT molecular complexity index is 476. The fourth-order valence-electron chi connectivity index (χ4n) is 3.21. The van der Waals surface area contributed by atoms with E-state index in [9.17, 15) is 0 Å². The van der Waals surface area contributed by atoms with Crippen LogP contribution in [-0.4, -0.2) is 19.0 Å². The molecular formula is C16H19NO2. The molecular weight excluding hydrogens is 238 g/mol. The first-order valence-electron chi connectivity index (χ1n) is 7.07. The molecule has 1 aliphatic heterocycles. The fourth-order valence-corrected chi connectivity index (χ4v) is 3.21. The number of nitrogens with zero attached hydrogens (tertiary/aromatic N) is 1. The van der Waals surface area contributed by atoms with Gasteiger partial charge in [0.05, 0.1) is 24.8 Å². The zero-order valence-corrected chi connectivity index (χ0v) is 11.1. The van der Waals surface area contributed by atoms with Gasteiger partial charge in [-0.2, -0.15) is 5.26 Å². The van der Waals surface area contributed by atoms with Crippen LogP contribution in [0.15, 0.2) is 24.3 Å². The molecule has 3 heteroatoms. The van der Waals surface area contributed by atoms with E-state index >= 15 is 0 Å². The Morgan fingerprint density at radius 2 is 1.95 bits per heavy atom. The molecule has 100 valence electrons. The van der Waals surface area contributed by atoms with E-state index in [4.69, 9.17) is 14.7 Å². The van der Waals surface area contributed by atoms with Gasteiger partial charge in [0.1, 0.15) is 0 Å². The van der Waals surface area contributed by atoms with Crippen molar-refractivity contribution in [3.8, 4) is 6.07 Å². The van der Waals surface area contributed by atoms with E-state index < -0.39 is 0 Å². The van der Waals surface area contributed by atoms with Gasteiger partial charge >= 0.3 is 0 Å². The SMILES string of the molecule is N#Cc1cccc(CC2CCC3(CC2)OCCO3)c1. The lowest BCUT2D eigenvalue weighted by Crippen LogP contribution is -2.35. The molecule has 1 aliphatic carbocycles. The summed E-state index contributed by atoms with van der Waals surface area (Å²) in [6.45, 7) is 1.49. The molecule has 0 bridgehead atoms. The fraction of sp³-hybridized carbons (Fsp3) is 0.562. The van der Waals surface area contributed by atoms with Crippen molar-refractivity contribution in [2.24, 2.45) is 5.92 Å². The monoisotopic (exact) mass is 257 g/mol. The van der Waals surface area contributed by atoms with Crippen LogP contribution in [-0.2, 0) is 15.9 Å². The normalized spacial score (nSPS) is 22.5. The highest BCUT2D eigenvalue weighted by atomic mass is 16.7. The second-order valence-electron chi connectivity index (χ2n) is 5.57. The summed E-state index contributed by atoms with van der Waals surface area (Å²) < 4.78 is 11.5. The van der Waals surface area contributed by atoms with Crippen LogP contribution in [0.2, 0.25) is 0 Å². The lowest BCUT2D eigenvalue weighted by molar-refractivity contribution is -0.182. The van der Waals surface area contributed by atoms with E-state index in [-0.39, 0.29) is 5.79 Å². The molecule has 0 unspecified atom stereocenters. The number of benzene rings is 1. The third-order valence-corrected chi connectivity index (χ3v) is 4.26. The van der Waals surface area contributed by atoms with Crippen molar-refractivity contribution in [3.63, 3.8) is 0 Å². The molecule has 0 amide bonds. The van der Waals surface area contributed by atoms with Gasteiger partial charge in [-0.25, -0.2) is 0 Å². The lowest BCUT2D eigenvalue weighted by Gasteiger charge is -2.35. The molecule has 1 aromatic rings. The first-order valence-corrected chi connectivity index (χ1v) is 7.07. The molecule has 1 saturated carbocycles. The summed E-state index contributed by atoms with van der Waals surface area (Å²) in [6, 6.07) is 10.2. The van der Waals surface area contributed by atoms with Gasteiger partial charge in [-0.1, -0.05) is 12.1 Å². The van der Waals surface area contributed by atoms with E-state index in [1.54, 1.807) is 0 Å². The van der Waals surface area contributed by atoms with Gasteiger partial charge in [0.15, 0.2) is 5.79 Å². The Balaban J connectivity index is 1.58. The Morgan fingerprint density at radius 3 is 2.63 bits per heavy atom. The highest BCUT2D eigenvalue weighted by molar-refractivity contribution is 5.32. The highest BCUT2D eigenvalue weighted by Gasteiger charge is 2.40. The van der Waals surface area contributed by atoms with Crippen molar-refractivity contribution in [2.75, 3.05) is 13.2 Å². The molecule has 1 heterocycles. The minimum Gasteiger partial charge on any atom is -0.348 e. The summed E-state index contributed by atoms with van der Waals surface area (Å²) in [5.41, 5.74) is 2.03. The Labute approximate surface area is 114 Å². The molecule has 0 radical (unpaired) electrons. The van der Waals surface area contributed by atoms with Crippen molar-refractivity contribution in [1.29, 1.82) is 5.26 Å². The predicted molar refractivity (Wildman–Crippen MR) is 71.5 cm³/mol. The van der Waals surface area contributed by atoms with Crippen molar-refractivity contribution < 1.29 is 9.47 Å². The molecule has 3 nitrogen and oxygen atoms in total. The van der Waals surface area contributed by atoms with E-state index in [0.717, 1.165) is 50.9 Å². The Hall–Kier alpha value is -1.37. The molecule has 2 aliphatic rings. The molecule has 0 atom stereocenters. The topological polar surface area (TPSA) is 42.2 Å². The van der Waals surface area contributed by atoms with Crippen LogP contribution in [0, 0.1) is 17.2 Å². The van der Waals surface area contributed by atoms with Crippen LogP contribution < -0.4 is 0 Å². The molecule has 3 rings (SSSR count). The molecule has 2 fully saturated rings.